The number of primary amides is 1. The number of carbonyl (C=O) groups is 2. The van der Waals surface area contributed by atoms with E-state index in [9.17, 15) is 23.5 Å². The van der Waals surface area contributed by atoms with Crippen LogP contribution in [0.25, 0.3) is 11.4 Å². The lowest BCUT2D eigenvalue weighted by atomic mass is 9.78. The first-order valence-corrected chi connectivity index (χ1v) is 14.3. The third-order valence-corrected chi connectivity index (χ3v) is 8.67. The second-order valence-electron chi connectivity index (χ2n) is 11.3. The lowest BCUT2D eigenvalue weighted by molar-refractivity contribution is -0.121. The Morgan fingerprint density at radius 1 is 1.12 bits per heavy atom. The Labute approximate surface area is 234 Å². The predicted octanol–water partition coefficient (Wildman–Crippen LogP) is 4.84. The Kier molecular flexibility index (Phi) is 9.71. The maximum atomic E-state index is 14.9. The van der Waals surface area contributed by atoms with Crippen molar-refractivity contribution < 1.29 is 28.2 Å². The summed E-state index contributed by atoms with van der Waals surface area (Å²) in [5.41, 5.74) is 4.48. The molecule has 1 saturated heterocycles. The smallest absolute Gasteiger partial charge is 0.257 e. The Morgan fingerprint density at radius 2 is 1.77 bits per heavy atom. The second-order valence-corrected chi connectivity index (χ2v) is 11.3. The highest BCUT2D eigenvalue weighted by Crippen LogP contribution is 2.36. The maximum Gasteiger partial charge on any atom is 0.257 e. The number of alkyl halides is 1. The van der Waals surface area contributed by atoms with E-state index in [1.807, 2.05) is 13.8 Å². The van der Waals surface area contributed by atoms with E-state index in [-0.39, 0.29) is 24.4 Å². The zero-order valence-electron chi connectivity index (χ0n) is 23.3. The molecule has 8 nitrogen and oxygen atoms in total. The van der Waals surface area contributed by atoms with Crippen molar-refractivity contribution >= 4 is 11.8 Å². The van der Waals surface area contributed by atoms with Gasteiger partial charge >= 0.3 is 0 Å². The van der Waals surface area contributed by atoms with Gasteiger partial charge in [0.25, 0.3) is 5.91 Å². The third kappa shape index (κ3) is 7.13. The minimum absolute atomic E-state index is 0.0312. The fourth-order valence-corrected chi connectivity index (χ4v) is 5.80. The lowest BCUT2D eigenvalue weighted by Crippen LogP contribution is -2.44. The van der Waals surface area contributed by atoms with Gasteiger partial charge in [-0.15, -0.1) is 0 Å². The van der Waals surface area contributed by atoms with Gasteiger partial charge in [-0.3, -0.25) is 9.59 Å². The lowest BCUT2D eigenvalue weighted by Gasteiger charge is -2.30. The molecule has 218 valence electrons. The van der Waals surface area contributed by atoms with E-state index >= 15 is 0 Å². The van der Waals surface area contributed by atoms with Gasteiger partial charge in [0.2, 0.25) is 5.91 Å². The number of halogens is 2. The highest BCUT2D eigenvalue weighted by Gasteiger charge is 2.39. The topological polar surface area (TPSA) is 119 Å². The van der Waals surface area contributed by atoms with E-state index in [2.05, 4.69) is 9.97 Å². The molecule has 1 aliphatic heterocycles. The number of hydrogen-bond donors (Lipinski definition) is 2. The van der Waals surface area contributed by atoms with Gasteiger partial charge < -0.3 is 20.5 Å². The molecule has 2 aliphatic rings. The van der Waals surface area contributed by atoms with Gasteiger partial charge in [-0.05, 0) is 62.5 Å². The van der Waals surface area contributed by atoms with Crippen molar-refractivity contribution in [2.45, 2.75) is 89.4 Å². The first-order valence-electron chi connectivity index (χ1n) is 14.3. The van der Waals surface area contributed by atoms with E-state index in [4.69, 9.17) is 10.5 Å². The Balaban J connectivity index is 1.28. The number of aliphatic hydroxyl groups is 1. The monoisotopic (exact) mass is 558 g/mol. The molecule has 0 bridgehead atoms. The molecule has 2 aromatic rings. The predicted molar refractivity (Wildman–Crippen MR) is 147 cm³/mol. The summed E-state index contributed by atoms with van der Waals surface area (Å²) in [6.07, 6.45) is 9.30. The minimum atomic E-state index is -1.02. The number of hydrogen-bond acceptors (Lipinski definition) is 6. The molecule has 0 unspecified atom stereocenters. The molecule has 0 radical (unpaired) electrons. The number of likely N-dealkylation sites (tertiary alicyclic amines) is 1. The SMILES string of the molecule is CCC(F)(CC)CCC1CCC(COc2cnc(-c3ccc(C(=O)N4C[C@H](O)C[C@H]4C(N)=O)c(F)c3)nc2)CC1. The molecule has 2 heterocycles. The molecule has 4 rings (SSSR count). The summed E-state index contributed by atoms with van der Waals surface area (Å²) in [5.74, 6) is -0.409. The standard InChI is InChI=1S/C30H40F2N4O4/c1-3-30(32,4-2)12-11-19-5-7-20(8-6-19)18-40-23-15-34-28(35-16-23)21-9-10-24(25(31)13-21)29(39)36-17-22(37)14-26(36)27(33)38/h9-10,13,15-16,19-20,22,26,37H,3-8,11-12,14,17-18H2,1-2H3,(H2,33,38)/t19?,20?,22-,26+/m1/s1. The van der Waals surface area contributed by atoms with E-state index in [1.165, 1.54) is 18.2 Å². The summed E-state index contributed by atoms with van der Waals surface area (Å²) >= 11 is 0. The summed E-state index contributed by atoms with van der Waals surface area (Å²) < 4.78 is 35.5. The molecule has 1 aliphatic carbocycles. The van der Waals surface area contributed by atoms with Crippen molar-refractivity contribution in [3.63, 3.8) is 0 Å². The number of β-amino-alcohol motifs (C(OH)–C–C–N with tert-alkyl or cyclic N) is 1. The number of benzene rings is 1. The number of nitrogens with zero attached hydrogens (tertiary/aromatic N) is 3. The van der Waals surface area contributed by atoms with E-state index in [0.717, 1.165) is 37.0 Å². The van der Waals surface area contributed by atoms with Crippen LogP contribution in [0.15, 0.2) is 30.6 Å². The first kappa shape index (κ1) is 29.8. The number of nitrogens with two attached hydrogens (primary N) is 1. The zero-order chi connectivity index (χ0) is 28.9. The second kappa shape index (κ2) is 13.0. The maximum absolute atomic E-state index is 14.9. The van der Waals surface area contributed by atoms with Crippen LogP contribution in [0.4, 0.5) is 8.78 Å². The van der Waals surface area contributed by atoms with Crippen LogP contribution in [0, 0.1) is 17.7 Å². The largest absolute Gasteiger partial charge is 0.490 e. The number of ether oxygens (including phenoxy) is 1. The molecular weight excluding hydrogens is 518 g/mol. The number of carbonyl (C=O) groups excluding carboxylic acids is 2. The van der Waals surface area contributed by atoms with Gasteiger partial charge in [-0.1, -0.05) is 32.8 Å². The van der Waals surface area contributed by atoms with E-state index in [1.54, 1.807) is 12.4 Å². The average molecular weight is 559 g/mol. The Morgan fingerprint density at radius 3 is 2.38 bits per heavy atom. The molecule has 2 amide bonds. The number of amides is 2. The highest BCUT2D eigenvalue weighted by molar-refractivity contribution is 5.98. The summed E-state index contributed by atoms with van der Waals surface area (Å²) in [5, 5.41) is 9.85. The van der Waals surface area contributed by atoms with Crippen molar-refractivity contribution in [2.75, 3.05) is 13.2 Å². The molecule has 2 atom stereocenters. The fraction of sp³-hybridized carbons (Fsp3) is 0.600. The number of rotatable bonds is 11. The van der Waals surface area contributed by atoms with Crippen LogP contribution >= 0.6 is 0 Å². The summed E-state index contributed by atoms with van der Waals surface area (Å²) in [6, 6.07) is 3.04. The summed E-state index contributed by atoms with van der Waals surface area (Å²) in [4.78, 5) is 34.2. The fourth-order valence-electron chi connectivity index (χ4n) is 5.80. The van der Waals surface area contributed by atoms with Crippen molar-refractivity contribution in [1.82, 2.24) is 14.9 Å². The molecule has 1 saturated carbocycles. The quantitative estimate of drug-likeness (QED) is 0.408. The van der Waals surface area contributed by atoms with Gasteiger partial charge in [-0.2, -0.15) is 0 Å². The Hall–Kier alpha value is -3.14. The van der Waals surface area contributed by atoms with Crippen molar-refractivity contribution in [3.05, 3.63) is 42.0 Å². The van der Waals surface area contributed by atoms with Crippen molar-refractivity contribution in [1.29, 1.82) is 0 Å². The highest BCUT2D eigenvalue weighted by atomic mass is 19.1. The molecule has 0 spiro atoms. The first-order chi connectivity index (χ1) is 19.1. The van der Waals surface area contributed by atoms with Gasteiger partial charge in [0.15, 0.2) is 11.6 Å². The normalized spacial score (nSPS) is 23.3. The minimum Gasteiger partial charge on any atom is -0.490 e. The van der Waals surface area contributed by atoms with Crippen LogP contribution in [0.5, 0.6) is 5.75 Å². The van der Waals surface area contributed by atoms with Gasteiger partial charge in [0.05, 0.1) is 30.7 Å². The molecular formula is C30H40F2N4O4. The van der Waals surface area contributed by atoms with Gasteiger partial charge in [0, 0.05) is 18.5 Å². The van der Waals surface area contributed by atoms with Crippen molar-refractivity contribution in [2.24, 2.45) is 17.6 Å². The average Bonchev–Trinajstić information content (AvgIpc) is 3.37. The molecule has 1 aromatic carbocycles. The van der Waals surface area contributed by atoms with Crippen LogP contribution in [0.1, 0.15) is 82.0 Å². The molecule has 1 aromatic heterocycles. The molecule has 3 N–H and O–H groups in total. The van der Waals surface area contributed by atoms with E-state index in [0.29, 0.717) is 49.0 Å². The van der Waals surface area contributed by atoms with Crippen LogP contribution in [-0.2, 0) is 4.79 Å². The number of aliphatic hydroxyl groups excluding tert-OH is 1. The summed E-state index contributed by atoms with van der Waals surface area (Å²) in [7, 11) is 0. The van der Waals surface area contributed by atoms with Crippen molar-refractivity contribution in [3.8, 4) is 17.1 Å². The summed E-state index contributed by atoms with van der Waals surface area (Å²) in [6.45, 7) is 4.33. The third-order valence-electron chi connectivity index (χ3n) is 8.67. The van der Waals surface area contributed by atoms with Gasteiger partial charge in [-0.25, -0.2) is 18.7 Å². The molecule has 2 fully saturated rings. The van der Waals surface area contributed by atoms with Crippen LogP contribution in [-0.4, -0.2) is 62.8 Å². The van der Waals surface area contributed by atoms with Crippen LogP contribution in [0.3, 0.4) is 0 Å². The molecule has 40 heavy (non-hydrogen) atoms. The van der Waals surface area contributed by atoms with Crippen LogP contribution < -0.4 is 10.5 Å². The van der Waals surface area contributed by atoms with Crippen LogP contribution in [0.2, 0.25) is 0 Å². The number of aromatic nitrogens is 2. The molecule has 10 heteroatoms. The van der Waals surface area contributed by atoms with Gasteiger partial charge in [0.1, 0.15) is 17.5 Å². The van der Waals surface area contributed by atoms with E-state index < -0.39 is 35.4 Å². The zero-order valence-corrected chi connectivity index (χ0v) is 23.3. The Bertz CT molecular complexity index is 1170.